The van der Waals surface area contributed by atoms with Crippen LogP contribution in [0, 0.1) is 19.7 Å². The van der Waals surface area contributed by atoms with Crippen LogP contribution >= 0.6 is 0 Å². The molecule has 0 spiro atoms. The molecular weight excluding hydrogens is 313 g/mol. The highest BCUT2D eigenvalue weighted by atomic mass is 19.1. The molecule has 126 valence electrons. The quantitative estimate of drug-likeness (QED) is 0.827. The Labute approximate surface area is 139 Å². The molecule has 0 aliphatic heterocycles. The monoisotopic (exact) mass is 331 g/mol. The van der Waals surface area contributed by atoms with Gasteiger partial charge in [-0.15, -0.1) is 0 Å². The summed E-state index contributed by atoms with van der Waals surface area (Å²) < 4.78 is 23.3. The van der Waals surface area contributed by atoms with Crippen LogP contribution in [0.2, 0.25) is 0 Å². The van der Waals surface area contributed by atoms with E-state index >= 15 is 0 Å². The second kappa shape index (κ2) is 8.10. The first-order valence-corrected chi connectivity index (χ1v) is 7.35. The predicted octanol–water partition coefficient (Wildman–Crippen LogP) is 3.00. The van der Waals surface area contributed by atoms with E-state index in [-0.39, 0.29) is 6.61 Å². The molecule has 0 saturated heterocycles. The number of rotatable bonds is 6. The zero-order chi connectivity index (χ0) is 17.5. The molecule has 1 amide bonds. The Bertz CT molecular complexity index is 746. The molecular formula is C18H18FNO4. The van der Waals surface area contributed by atoms with Gasteiger partial charge in [-0.3, -0.25) is 4.79 Å². The molecule has 0 atom stereocenters. The lowest BCUT2D eigenvalue weighted by molar-refractivity contribution is -0.149. The lowest BCUT2D eigenvalue weighted by atomic mass is 10.2. The molecule has 0 heterocycles. The van der Waals surface area contributed by atoms with Crippen molar-refractivity contribution < 1.29 is 23.5 Å². The van der Waals surface area contributed by atoms with Crippen molar-refractivity contribution in [2.75, 3.05) is 18.5 Å². The molecule has 24 heavy (non-hydrogen) atoms. The van der Waals surface area contributed by atoms with Gasteiger partial charge in [0.25, 0.3) is 5.91 Å². The molecule has 0 unspecified atom stereocenters. The maximum absolute atomic E-state index is 13.1. The van der Waals surface area contributed by atoms with Gasteiger partial charge in [-0.25, -0.2) is 9.18 Å². The summed E-state index contributed by atoms with van der Waals surface area (Å²) in [6, 6.07) is 11.3. The maximum Gasteiger partial charge on any atom is 0.344 e. The molecule has 2 aromatic rings. The summed E-state index contributed by atoms with van der Waals surface area (Å²) in [5.74, 6) is -1.12. The van der Waals surface area contributed by atoms with E-state index in [0.29, 0.717) is 17.0 Å². The van der Waals surface area contributed by atoms with E-state index in [2.05, 4.69) is 5.32 Å². The van der Waals surface area contributed by atoms with Crippen molar-refractivity contribution in [3.8, 4) is 5.75 Å². The minimum Gasteiger partial charge on any atom is -0.482 e. The summed E-state index contributed by atoms with van der Waals surface area (Å²) in [5, 5.41) is 2.49. The summed E-state index contributed by atoms with van der Waals surface area (Å²) in [7, 11) is 0. The van der Waals surface area contributed by atoms with Crippen LogP contribution in [-0.2, 0) is 14.3 Å². The van der Waals surface area contributed by atoms with E-state index in [1.54, 1.807) is 25.1 Å². The molecule has 0 aromatic heterocycles. The second-order valence-corrected chi connectivity index (χ2v) is 5.27. The van der Waals surface area contributed by atoms with Crippen molar-refractivity contribution >= 4 is 17.6 Å². The number of halogens is 1. The Balaban J connectivity index is 1.77. The van der Waals surface area contributed by atoms with Crippen LogP contribution in [0.3, 0.4) is 0 Å². The Morgan fingerprint density at radius 1 is 1.08 bits per heavy atom. The molecule has 0 saturated carbocycles. The summed E-state index contributed by atoms with van der Waals surface area (Å²) in [4.78, 5) is 23.3. The second-order valence-electron chi connectivity index (χ2n) is 5.27. The van der Waals surface area contributed by atoms with Crippen molar-refractivity contribution in [1.29, 1.82) is 0 Å². The van der Waals surface area contributed by atoms with Gasteiger partial charge in [0.2, 0.25) is 0 Å². The number of esters is 1. The van der Waals surface area contributed by atoms with E-state index in [9.17, 15) is 14.0 Å². The average Bonchev–Trinajstić information content (AvgIpc) is 2.54. The highest BCUT2D eigenvalue weighted by molar-refractivity contribution is 5.93. The van der Waals surface area contributed by atoms with E-state index in [1.165, 1.54) is 12.1 Å². The number of hydrogen-bond donors (Lipinski definition) is 1. The molecule has 5 nitrogen and oxygen atoms in total. The van der Waals surface area contributed by atoms with Gasteiger partial charge in [0.1, 0.15) is 11.6 Å². The van der Waals surface area contributed by atoms with Gasteiger partial charge in [0, 0.05) is 5.69 Å². The number of nitrogens with one attached hydrogen (secondary N) is 1. The van der Waals surface area contributed by atoms with Crippen molar-refractivity contribution in [1.82, 2.24) is 0 Å². The average molecular weight is 331 g/mol. The van der Waals surface area contributed by atoms with Gasteiger partial charge in [0.05, 0.1) is 0 Å². The number of hydrogen-bond acceptors (Lipinski definition) is 4. The molecule has 0 aliphatic rings. The topological polar surface area (TPSA) is 64.6 Å². The number of carbonyl (C=O) groups is 2. The van der Waals surface area contributed by atoms with Crippen LogP contribution in [0.15, 0.2) is 42.5 Å². The van der Waals surface area contributed by atoms with Crippen molar-refractivity contribution in [3.05, 3.63) is 59.4 Å². The molecule has 2 rings (SSSR count). The van der Waals surface area contributed by atoms with Gasteiger partial charge < -0.3 is 14.8 Å². The van der Waals surface area contributed by atoms with Gasteiger partial charge >= 0.3 is 5.97 Å². The van der Waals surface area contributed by atoms with Crippen LogP contribution in [-0.4, -0.2) is 25.1 Å². The summed E-state index contributed by atoms with van der Waals surface area (Å²) in [6.45, 7) is 2.88. The number of amides is 1. The van der Waals surface area contributed by atoms with Crippen LogP contribution < -0.4 is 10.1 Å². The summed E-state index contributed by atoms with van der Waals surface area (Å²) in [6.07, 6.45) is 0. The van der Waals surface area contributed by atoms with E-state index in [0.717, 1.165) is 5.56 Å². The largest absolute Gasteiger partial charge is 0.482 e. The Morgan fingerprint density at radius 3 is 2.62 bits per heavy atom. The summed E-state index contributed by atoms with van der Waals surface area (Å²) >= 11 is 0. The Morgan fingerprint density at radius 2 is 1.88 bits per heavy atom. The van der Waals surface area contributed by atoms with Crippen LogP contribution in [0.1, 0.15) is 11.1 Å². The Kier molecular flexibility index (Phi) is 5.89. The first-order valence-electron chi connectivity index (χ1n) is 7.35. The first kappa shape index (κ1) is 17.5. The fraction of sp³-hybridized carbons (Fsp3) is 0.222. The van der Waals surface area contributed by atoms with Gasteiger partial charge in [-0.1, -0.05) is 18.2 Å². The van der Waals surface area contributed by atoms with Crippen LogP contribution in [0.25, 0.3) is 0 Å². The fourth-order valence-electron chi connectivity index (χ4n) is 1.95. The summed E-state index contributed by atoms with van der Waals surface area (Å²) in [5.41, 5.74) is 2.05. The molecule has 6 heteroatoms. The molecule has 1 N–H and O–H groups in total. The van der Waals surface area contributed by atoms with E-state index in [4.69, 9.17) is 9.47 Å². The van der Waals surface area contributed by atoms with Gasteiger partial charge in [0.15, 0.2) is 13.2 Å². The van der Waals surface area contributed by atoms with Crippen molar-refractivity contribution in [3.63, 3.8) is 0 Å². The minimum atomic E-state index is -0.664. The number of anilines is 1. The molecule has 2 aromatic carbocycles. The Hall–Kier alpha value is -2.89. The van der Waals surface area contributed by atoms with Gasteiger partial charge in [-0.2, -0.15) is 0 Å². The van der Waals surface area contributed by atoms with E-state index < -0.39 is 24.3 Å². The number of benzene rings is 2. The lowest BCUT2D eigenvalue weighted by Gasteiger charge is -2.10. The third-order valence-corrected chi connectivity index (χ3v) is 3.18. The third-order valence-electron chi connectivity index (χ3n) is 3.18. The van der Waals surface area contributed by atoms with Crippen LogP contribution in [0.5, 0.6) is 5.75 Å². The molecule has 0 aliphatic carbocycles. The van der Waals surface area contributed by atoms with Crippen molar-refractivity contribution in [2.24, 2.45) is 0 Å². The first-order chi connectivity index (χ1) is 11.4. The highest BCUT2D eigenvalue weighted by Gasteiger charge is 2.10. The normalized spacial score (nSPS) is 10.1. The third kappa shape index (κ3) is 5.39. The standard InChI is InChI=1S/C18H18FNO4/c1-12-4-3-5-15(8-12)23-11-18(22)24-10-17(21)20-16-9-14(19)7-6-13(16)2/h3-9H,10-11H2,1-2H3,(H,20,21). The zero-order valence-electron chi connectivity index (χ0n) is 13.5. The number of aryl methyl sites for hydroxylation is 2. The number of ether oxygens (including phenoxy) is 2. The van der Waals surface area contributed by atoms with Crippen LogP contribution in [0.4, 0.5) is 10.1 Å². The molecule has 0 bridgehead atoms. The predicted molar refractivity (Wildman–Crippen MR) is 87.4 cm³/mol. The van der Waals surface area contributed by atoms with Crippen molar-refractivity contribution in [2.45, 2.75) is 13.8 Å². The van der Waals surface area contributed by atoms with Gasteiger partial charge in [-0.05, 0) is 49.2 Å². The SMILES string of the molecule is Cc1cccc(OCC(=O)OCC(=O)Nc2cc(F)ccc2C)c1. The maximum atomic E-state index is 13.1. The zero-order valence-corrected chi connectivity index (χ0v) is 13.5. The lowest BCUT2D eigenvalue weighted by Crippen LogP contribution is -2.24. The molecule has 0 radical (unpaired) electrons. The highest BCUT2D eigenvalue weighted by Crippen LogP contribution is 2.16. The smallest absolute Gasteiger partial charge is 0.344 e. The fourth-order valence-corrected chi connectivity index (χ4v) is 1.95. The molecule has 0 fully saturated rings. The van der Waals surface area contributed by atoms with E-state index in [1.807, 2.05) is 19.1 Å². The number of carbonyl (C=O) groups excluding carboxylic acids is 2. The minimum absolute atomic E-state index is 0.296.